The summed E-state index contributed by atoms with van der Waals surface area (Å²) < 4.78 is 15.8. The summed E-state index contributed by atoms with van der Waals surface area (Å²) in [6, 6.07) is 10.9. The molecule has 1 saturated heterocycles. The Bertz CT molecular complexity index is 928. The SMILES string of the molecule is COc1cc(C(=O)NCC(=O)Nc2ccc(CN3CCC(C)CC3)cc2)cc(OC)c1OC. The third-order valence-corrected chi connectivity index (χ3v) is 5.86. The fourth-order valence-corrected chi connectivity index (χ4v) is 3.85. The highest BCUT2D eigenvalue weighted by Gasteiger charge is 2.18. The Labute approximate surface area is 195 Å². The van der Waals surface area contributed by atoms with E-state index in [0.29, 0.717) is 28.5 Å². The van der Waals surface area contributed by atoms with Crippen LogP contribution in [0.1, 0.15) is 35.7 Å². The average molecular weight is 456 g/mol. The molecule has 8 nitrogen and oxygen atoms in total. The van der Waals surface area contributed by atoms with Crippen LogP contribution in [0.15, 0.2) is 36.4 Å². The molecule has 0 saturated carbocycles. The third kappa shape index (κ3) is 6.61. The summed E-state index contributed by atoms with van der Waals surface area (Å²) in [4.78, 5) is 27.3. The molecule has 33 heavy (non-hydrogen) atoms. The highest BCUT2D eigenvalue weighted by atomic mass is 16.5. The van der Waals surface area contributed by atoms with Gasteiger partial charge in [0.1, 0.15) is 0 Å². The van der Waals surface area contributed by atoms with Crippen LogP contribution in [-0.4, -0.2) is 57.7 Å². The van der Waals surface area contributed by atoms with Crippen molar-refractivity contribution in [2.45, 2.75) is 26.3 Å². The summed E-state index contributed by atoms with van der Waals surface area (Å²) in [7, 11) is 4.44. The average Bonchev–Trinajstić information content (AvgIpc) is 2.84. The van der Waals surface area contributed by atoms with Crippen LogP contribution >= 0.6 is 0 Å². The lowest BCUT2D eigenvalue weighted by atomic mass is 9.99. The fraction of sp³-hybridized carbons (Fsp3) is 0.440. The molecule has 0 unspecified atom stereocenters. The van der Waals surface area contributed by atoms with Crippen molar-refractivity contribution >= 4 is 17.5 Å². The van der Waals surface area contributed by atoms with Gasteiger partial charge >= 0.3 is 0 Å². The highest BCUT2D eigenvalue weighted by Crippen LogP contribution is 2.38. The van der Waals surface area contributed by atoms with Gasteiger partial charge in [-0.2, -0.15) is 0 Å². The van der Waals surface area contributed by atoms with Crippen LogP contribution in [0.4, 0.5) is 5.69 Å². The second-order valence-electron chi connectivity index (χ2n) is 8.30. The second-order valence-corrected chi connectivity index (χ2v) is 8.30. The lowest BCUT2D eigenvalue weighted by Crippen LogP contribution is -2.33. The van der Waals surface area contributed by atoms with E-state index in [1.54, 1.807) is 0 Å². The van der Waals surface area contributed by atoms with Crippen LogP contribution in [0.3, 0.4) is 0 Å². The maximum absolute atomic E-state index is 12.5. The minimum atomic E-state index is -0.421. The van der Waals surface area contributed by atoms with E-state index in [1.807, 2.05) is 24.3 Å². The molecule has 0 atom stereocenters. The monoisotopic (exact) mass is 455 g/mol. The Morgan fingerprint density at radius 2 is 1.58 bits per heavy atom. The molecule has 2 N–H and O–H groups in total. The molecule has 2 aromatic rings. The summed E-state index contributed by atoms with van der Waals surface area (Å²) in [6.07, 6.45) is 2.49. The molecule has 0 aliphatic carbocycles. The van der Waals surface area contributed by atoms with Gasteiger partial charge in [-0.3, -0.25) is 14.5 Å². The standard InChI is InChI=1S/C25H33N3O5/c1-17-9-11-28(12-10-17)16-18-5-7-20(8-6-18)27-23(29)15-26-25(30)19-13-21(31-2)24(33-4)22(14-19)32-3/h5-8,13-14,17H,9-12,15-16H2,1-4H3,(H,26,30)(H,27,29). The van der Waals surface area contributed by atoms with E-state index in [4.69, 9.17) is 14.2 Å². The van der Waals surface area contributed by atoms with Gasteiger partial charge in [0.15, 0.2) is 11.5 Å². The number of amides is 2. The van der Waals surface area contributed by atoms with E-state index in [2.05, 4.69) is 22.5 Å². The molecule has 0 bridgehead atoms. The predicted octanol–water partition coefficient (Wildman–Crippen LogP) is 3.31. The zero-order valence-corrected chi connectivity index (χ0v) is 19.8. The van der Waals surface area contributed by atoms with Crippen LogP contribution in [0, 0.1) is 5.92 Å². The second kappa shape index (κ2) is 11.6. The number of hydrogen-bond acceptors (Lipinski definition) is 6. The Balaban J connectivity index is 1.51. The molecular formula is C25H33N3O5. The molecule has 0 spiro atoms. The van der Waals surface area contributed by atoms with Gasteiger partial charge in [-0.05, 0) is 61.7 Å². The first kappa shape index (κ1) is 24.4. The maximum atomic E-state index is 12.5. The summed E-state index contributed by atoms with van der Waals surface area (Å²) >= 11 is 0. The zero-order valence-electron chi connectivity index (χ0n) is 19.8. The van der Waals surface area contributed by atoms with Crippen molar-refractivity contribution in [2.75, 3.05) is 46.3 Å². The molecule has 1 fully saturated rings. The van der Waals surface area contributed by atoms with Gasteiger partial charge in [0.25, 0.3) is 5.91 Å². The Hall–Kier alpha value is -3.26. The quantitative estimate of drug-likeness (QED) is 0.603. The van der Waals surface area contributed by atoms with E-state index in [-0.39, 0.29) is 12.5 Å². The van der Waals surface area contributed by atoms with E-state index in [0.717, 1.165) is 25.6 Å². The van der Waals surface area contributed by atoms with Gasteiger partial charge in [-0.1, -0.05) is 19.1 Å². The molecule has 1 aliphatic rings. The summed E-state index contributed by atoms with van der Waals surface area (Å²) in [5.41, 5.74) is 2.21. The number of carbonyl (C=O) groups excluding carboxylic acids is 2. The van der Waals surface area contributed by atoms with Crippen molar-refractivity contribution in [3.8, 4) is 17.2 Å². The predicted molar refractivity (Wildman–Crippen MR) is 127 cm³/mol. The topological polar surface area (TPSA) is 89.1 Å². The van der Waals surface area contributed by atoms with Crippen LogP contribution < -0.4 is 24.8 Å². The summed E-state index contributed by atoms with van der Waals surface area (Å²) in [5.74, 6) is 1.21. The van der Waals surface area contributed by atoms with E-state index < -0.39 is 5.91 Å². The molecule has 2 amide bonds. The van der Waals surface area contributed by atoms with Crippen molar-refractivity contribution in [1.82, 2.24) is 10.2 Å². The van der Waals surface area contributed by atoms with Crippen LogP contribution in [-0.2, 0) is 11.3 Å². The molecule has 8 heteroatoms. The maximum Gasteiger partial charge on any atom is 0.251 e. The first-order valence-corrected chi connectivity index (χ1v) is 11.1. The number of ether oxygens (including phenoxy) is 3. The van der Waals surface area contributed by atoms with Gasteiger partial charge in [-0.15, -0.1) is 0 Å². The van der Waals surface area contributed by atoms with E-state index in [9.17, 15) is 9.59 Å². The van der Waals surface area contributed by atoms with Crippen molar-refractivity contribution in [3.05, 3.63) is 47.5 Å². The van der Waals surface area contributed by atoms with Gasteiger partial charge in [-0.25, -0.2) is 0 Å². The Morgan fingerprint density at radius 1 is 0.970 bits per heavy atom. The van der Waals surface area contributed by atoms with Gasteiger partial charge in [0.2, 0.25) is 11.7 Å². The summed E-state index contributed by atoms with van der Waals surface area (Å²) in [6.45, 7) is 5.33. The normalized spacial score (nSPS) is 14.4. The van der Waals surface area contributed by atoms with Crippen molar-refractivity contribution in [2.24, 2.45) is 5.92 Å². The summed E-state index contributed by atoms with van der Waals surface area (Å²) in [5, 5.41) is 5.43. The van der Waals surface area contributed by atoms with Gasteiger partial charge in [0, 0.05) is 17.8 Å². The molecular weight excluding hydrogens is 422 g/mol. The molecule has 0 aromatic heterocycles. The molecule has 3 rings (SSSR count). The minimum absolute atomic E-state index is 0.163. The number of hydrogen-bond donors (Lipinski definition) is 2. The Morgan fingerprint density at radius 3 is 2.12 bits per heavy atom. The van der Waals surface area contributed by atoms with Crippen molar-refractivity contribution in [3.63, 3.8) is 0 Å². The van der Waals surface area contributed by atoms with Gasteiger partial charge in [0.05, 0.1) is 27.9 Å². The lowest BCUT2D eigenvalue weighted by Gasteiger charge is -2.30. The van der Waals surface area contributed by atoms with Crippen LogP contribution in [0.2, 0.25) is 0 Å². The first-order valence-electron chi connectivity index (χ1n) is 11.1. The van der Waals surface area contributed by atoms with Crippen LogP contribution in [0.25, 0.3) is 0 Å². The molecule has 178 valence electrons. The number of methoxy groups -OCH3 is 3. The molecule has 2 aromatic carbocycles. The number of rotatable bonds is 9. The number of carbonyl (C=O) groups is 2. The minimum Gasteiger partial charge on any atom is -0.493 e. The number of likely N-dealkylation sites (tertiary alicyclic amines) is 1. The largest absolute Gasteiger partial charge is 0.493 e. The molecule has 0 radical (unpaired) electrons. The fourth-order valence-electron chi connectivity index (χ4n) is 3.85. The smallest absolute Gasteiger partial charge is 0.251 e. The number of anilines is 1. The van der Waals surface area contributed by atoms with Crippen molar-refractivity contribution < 1.29 is 23.8 Å². The number of nitrogens with zero attached hydrogens (tertiary/aromatic N) is 1. The third-order valence-electron chi connectivity index (χ3n) is 5.86. The number of piperidine rings is 1. The lowest BCUT2D eigenvalue weighted by molar-refractivity contribution is -0.115. The van der Waals surface area contributed by atoms with Gasteiger partial charge < -0.3 is 24.8 Å². The van der Waals surface area contributed by atoms with Crippen molar-refractivity contribution in [1.29, 1.82) is 0 Å². The highest BCUT2D eigenvalue weighted by molar-refractivity contribution is 6.00. The van der Waals surface area contributed by atoms with E-state index >= 15 is 0 Å². The van der Waals surface area contributed by atoms with Crippen LogP contribution in [0.5, 0.6) is 17.2 Å². The molecule has 1 heterocycles. The Kier molecular flexibility index (Phi) is 8.54. The number of nitrogens with one attached hydrogen (secondary N) is 2. The number of benzene rings is 2. The first-order chi connectivity index (χ1) is 15.9. The zero-order chi connectivity index (χ0) is 23.8. The van der Waals surface area contributed by atoms with E-state index in [1.165, 1.54) is 51.9 Å². The molecule has 1 aliphatic heterocycles.